The van der Waals surface area contributed by atoms with Gasteiger partial charge in [0.2, 0.25) is 0 Å². The topological polar surface area (TPSA) is 55.1 Å². The molecule has 0 saturated carbocycles. The first-order valence-corrected chi connectivity index (χ1v) is 7.01. The molecule has 2 aromatic rings. The first-order valence-electron chi connectivity index (χ1n) is 6.02. The monoisotopic (exact) mass is 276 g/mol. The number of benzene rings is 1. The summed E-state index contributed by atoms with van der Waals surface area (Å²) >= 11 is 1.24. The average molecular weight is 276 g/mol. The van der Waals surface area contributed by atoms with Crippen LogP contribution in [0.3, 0.4) is 0 Å². The molecule has 0 saturated heterocycles. The standard InChI is InChI=1S/C14H16N2O2S/c1-10-5-3-4-6-12(10)11(2)16-8-7-15-14(16)19-9-13(17)18/h3-8,11H,9H2,1-2H3,(H,17,18). The van der Waals surface area contributed by atoms with Gasteiger partial charge in [-0.2, -0.15) is 0 Å². The summed E-state index contributed by atoms with van der Waals surface area (Å²) in [5.41, 5.74) is 2.44. The number of carboxylic acids is 1. The Kier molecular flexibility index (Phi) is 4.27. The number of nitrogens with zero attached hydrogens (tertiary/aromatic N) is 2. The Hall–Kier alpha value is -1.75. The lowest BCUT2D eigenvalue weighted by molar-refractivity contribution is -0.133. The van der Waals surface area contributed by atoms with Gasteiger partial charge in [0.1, 0.15) is 0 Å². The van der Waals surface area contributed by atoms with Gasteiger partial charge in [0.15, 0.2) is 5.16 Å². The Labute approximate surface area is 116 Å². The van der Waals surface area contributed by atoms with Crippen molar-refractivity contribution in [1.82, 2.24) is 9.55 Å². The number of hydrogen-bond acceptors (Lipinski definition) is 3. The van der Waals surface area contributed by atoms with Gasteiger partial charge in [0.05, 0.1) is 11.8 Å². The van der Waals surface area contributed by atoms with Crippen molar-refractivity contribution in [2.24, 2.45) is 0 Å². The number of imidazole rings is 1. The van der Waals surface area contributed by atoms with Gasteiger partial charge in [0, 0.05) is 12.4 Å². The minimum atomic E-state index is -0.830. The summed E-state index contributed by atoms with van der Waals surface area (Å²) in [5, 5.41) is 9.48. The largest absolute Gasteiger partial charge is 0.481 e. The number of hydrogen-bond donors (Lipinski definition) is 1. The van der Waals surface area contributed by atoms with E-state index in [1.54, 1.807) is 6.20 Å². The van der Waals surface area contributed by atoms with Crippen molar-refractivity contribution < 1.29 is 9.90 Å². The van der Waals surface area contributed by atoms with Crippen LogP contribution in [0.4, 0.5) is 0 Å². The zero-order valence-electron chi connectivity index (χ0n) is 10.9. The number of rotatable bonds is 5. The second-order valence-corrected chi connectivity index (χ2v) is 5.27. The third-order valence-corrected chi connectivity index (χ3v) is 3.98. The van der Waals surface area contributed by atoms with E-state index in [0.717, 1.165) is 5.16 Å². The summed E-state index contributed by atoms with van der Waals surface area (Å²) < 4.78 is 2.01. The van der Waals surface area contributed by atoms with E-state index in [1.807, 2.05) is 22.9 Å². The molecule has 1 aromatic carbocycles. The fourth-order valence-electron chi connectivity index (χ4n) is 2.04. The maximum atomic E-state index is 10.6. The number of aliphatic carboxylic acids is 1. The van der Waals surface area contributed by atoms with Gasteiger partial charge in [-0.1, -0.05) is 36.0 Å². The zero-order chi connectivity index (χ0) is 13.8. The summed E-state index contributed by atoms with van der Waals surface area (Å²) in [5.74, 6) is -0.805. The van der Waals surface area contributed by atoms with Gasteiger partial charge < -0.3 is 9.67 Å². The molecule has 1 unspecified atom stereocenters. The third kappa shape index (κ3) is 3.17. The molecule has 2 rings (SSSR count). The van der Waals surface area contributed by atoms with E-state index in [9.17, 15) is 4.79 Å². The van der Waals surface area contributed by atoms with Crippen LogP contribution in [0, 0.1) is 6.92 Å². The molecular weight excluding hydrogens is 260 g/mol. The number of aryl methyl sites for hydroxylation is 1. The van der Waals surface area contributed by atoms with Gasteiger partial charge >= 0.3 is 5.97 Å². The maximum Gasteiger partial charge on any atom is 0.313 e. The minimum absolute atomic E-state index is 0.0253. The highest BCUT2D eigenvalue weighted by molar-refractivity contribution is 7.99. The van der Waals surface area contributed by atoms with Crippen LogP contribution >= 0.6 is 11.8 Å². The van der Waals surface area contributed by atoms with Crippen LogP contribution in [0.15, 0.2) is 41.8 Å². The Balaban J connectivity index is 2.25. The summed E-state index contributed by atoms with van der Waals surface area (Å²) in [6.45, 7) is 4.17. The Bertz CT molecular complexity index is 580. The van der Waals surface area contributed by atoms with E-state index in [1.165, 1.54) is 22.9 Å². The summed E-state index contributed by atoms with van der Waals surface area (Å²) in [6.07, 6.45) is 3.60. The molecular formula is C14H16N2O2S. The number of carboxylic acid groups (broad SMARTS) is 1. The highest BCUT2D eigenvalue weighted by atomic mass is 32.2. The minimum Gasteiger partial charge on any atom is -0.481 e. The second kappa shape index (κ2) is 5.93. The third-order valence-electron chi connectivity index (χ3n) is 3.01. The van der Waals surface area contributed by atoms with E-state index in [4.69, 9.17) is 5.11 Å². The number of carbonyl (C=O) groups is 1. The van der Waals surface area contributed by atoms with Crippen LogP contribution in [0.5, 0.6) is 0 Å². The Morgan fingerprint density at radius 3 is 2.89 bits per heavy atom. The van der Waals surface area contributed by atoms with Crippen molar-refractivity contribution in [3.8, 4) is 0 Å². The van der Waals surface area contributed by atoms with Gasteiger partial charge in [-0.25, -0.2) is 4.98 Å². The highest BCUT2D eigenvalue weighted by Gasteiger charge is 2.14. The molecule has 1 aromatic heterocycles. The van der Waals surface area contributed by atoms with Crippen LogP contribution < -0.4 is 0 Å². The SMILES string of the molecule is Cc1ccccc1C(C)n1ccnc1SCC(=O)O. The molecule has 1 heterocycles. The molecule has 19 heavy (non-hydrogen) atoms. The Morgan fingerprint density at radius 2 is 2.21 bits per heavy atom. The maximum absolute atomic E-state index is 10.6. The molecule has 100 valence electrons. The fourth-order valence-corrected chi connectivity index (χ4v) is 2.79. The van der Waals surface area contributed by atoms with Gasteiger partial charge in [-0.3, -0.25) is 4.79 Å². The zero-order valence-corrected chi connectivity index (χ0v) is 11.7. The molecule has 0 aliphatic carbocycles. The summed E-state index contributed by atoms with van der Waals surface area (Å²) in [7, 11) is 0. The molecule has 5 heteroatoms. The highest BCUT2D eigenvalue weighted by Crippen LogP contribution is 2.26. The normalized spacial score (nSPS) is 12.3. The molecule has 0 fully saturated rings. The smallest absolute Gasteiger partial charge is 0.313 e. The van der Waals surface area contributed by atoms with Crippen LogP contribution in [-0.2, 0) is 4.79 Å². The van der Waals surface area contributed by atoms with Crippen LogP contribution in [0.25, 0.3) is 0 Å². The predicted molar refractivity (Wildman–Crippen MR) is 75.6 cm³/mol. The van der Waals surface area contributed by atoms with Crippen molar-refractivity contribution in [2.45, 2.75) is 25.0 Å². The van der Waals surface area contributed by atoms with Crippen molar-refractivity contribution in [2.75, 3.05) is 5.75 Å². The van der Waals surface area contributed by atoms with E-state index in [-0.39, 0.29) is 11.8 Å². The molecule has 0 aliphatic rings. The quantitative estimate of drug-likeness (QED) is 0.853. The lowest BCUT2D eigenvalue weighted by atomic mass is 10.0. The lowest BCUT2D eigenvalue weighted by Crippen LogP contribution is -2.09. The van der Waals surface area contributed by atoms with E-state index in [2.05, 4.69) is 31.0 Å². The van der Waals surface area contributed by atoms with Crippen molar-refractivity contribution >= 4 is 17.7 Å². The molecule has 1 atom stereocenters. The summed E-state index contributed by atoms with van der Waals surface area (Å²) in [6, 6.07) is 8.33. The number of aromatic nitrogens is 2. The summed E-state index contributed by atoms with van der Waals surface area (Å²) in [4.78, 5) is 14.9. The van der Waals surface area contributed by atoms with Crippen molar-refractivity contribution in [3.63, 3.8) is 0 Å². The molecule has 0 amide bonds. The van der Waals surface area contributed by atoms with Crippen LogP contribution in [0.2, 0.25) is 0 Å². The van der Waals surface area contributed by atoms with Crippen molar-refractivity contribution in [1.29, 1.82) is 0 Å². The molecule has 4 nitrogen and oxygen atoms in total. The van der Waals surface area contributed by atoms with Gasteiger partial charge in [0.25, 0.3) is 0 Å². The molecule has 0 bridgehead atoms. The second-order valence-electron chi connectivity index (χ2n) is 4.33. The predicted octanol–water partition coefficient (Wildman–Crippen LogP) is 2.98. The molecule has 0 aliphatic heterocycles. The van der Waals surface area contributed by atoms with Crippen LogP contribution in [0.1, 0.15) is 24.1 Å². The van der Waals surface area contributed by atoms with Crippen molar-refractivity contribution in [3.05, 3.63) is 47.8 Å². The lowest BCUT2D eigenvalue weighted by Gasteiger charge is -2.18. The molecule has 1 N–H and O–H groups in total. The van der Waals surface area contributed by atoms with Gasteiger partial charge in [-0.05, 0) is 25.0 Å². The van der Waals surface area contributed by atoms with Gasteiger partial charge in [-0.15, -0.1) is 0 Å². The number of thioether (sulfide) groups is 1. The Morgan fingerprint density at radius 1 is 1.47 bits per heavy atom. The van der Waals surface area contributed by atoms with E-state index < -0.39 is 5.97 Å². The van der Waals surface area contributed by atoms with Crippen LogP contribution in [-0.4, -0.2) is 26.4 Å². The first kappa shape index (κ1) is 13.7. The van der Waals surface area contributed by atoms with E-state index >= 15 is 0 Å². The first-order chi connectivity index (χ1) is 9.09. The molecule has 0 radical (unpaired) electrons. The molecule has 0 spiro atoms. The average Bonchev–Trinajstić information content (AvgIpc) is 2.84. The van der Waals surface area contributed by atoms with E-state index in [0.29, 0.717) is 0 Å². The fraction of sp³-hybridized carbons (Fsp3) is 0.286.